The summed E-state index contributed by atoms with van der Waals surface area (Å²) in [7, 11) is 0. The third-order valence-electron chi connectivity index (χ3n) is 3.74. The average Bonchev–Trinajstić information content (AvgIpc) is 3.07. The van der Waals surface area contributed by atoms with Gasteiger partial charge in [0, 0.05) is 10.0 Å². The number of carbonyl (C=O) groups is 1. The zero-order valence-electron chi connectivity index (χ0n) is 14.3. The van der Waals surface area contributed by atoms with E-state index in [2.05, 4.69) is 47.8 Å². The van der Waals surface area contributed by atoms with Gasteiger partial charge in [0.2, 0.25) is 0 Å². The summed E-state index contributed by atoms with van der Waals surface area (Å²) < 4.78 is 14.1. The highest BCUT2D eigenvalue weighted by Gasteiger charge is 2.10. The van der Waals surface area contributed by atoms with Crippen molar-refractivity contribution in [3.63, 3.8) is 0 Å². The molecule has 138 valence electrons. The lowest BCUT2D eigenvalue weighted by Gasteiger charge is -2.09. The van der Waals surface area contributed by atoms with Gasteiger partial charge in [0.05, 0.1) is 8.95 Å². The number of hydrogen-bond acceptors (Lipinski definition) is 3. The van der Waals surface area contributed by atoms with Gasteiger partial charge in [0.1, 0.15) is 23.9 Å². The first-order valence-corrected chi connectivity index (χ1v) is 10.5. The Labute approximate surface area is 182 Å². The number of rotatable bonds is 6. The van der Waals surface area contributed by atoms with Crippen molar-refractivity contribution >= 4 is 59.6 Å². The fraction of sp³-hybridized carbons (Fsp3) is 0.0952. The number of ether oxygens (including phenoxy) is 1. The Balaban J connectivity index is 1.63. The largest absolute Gasteiger partial charge is 0.483 e. The number of ketones is 1. The minimum absolute atomic E-state index is 0.0630. The number of carbonyl (C=O) groups excluding carboxylic acids is 1. The van der Waals surface area contributed by atoms with Gasteiger partial charge in [-0.2, -0.15) is 0 Å². The zero-order chi connectivity index (χ0) is 19.4. The summed E-state index contributed by atoms with van der Waals surface area (Å²) in [6, 6.07) is 14.9. The van der Waals surface area contributed by atoms with Gasteiger partial charge in [-0.15, -0.1) is 0 Å². The Morgan fingerprint density at radius 1 is 1.04 bits per heavy atom. The van der Waals surface area contributed by atoms with E-state index in [1.54, 1.807) is 6.08 Å². The highest BCUT2D eigenvalue weighted by atomic mass is 79.9. The monoisotopic (exact) mass is 552 g/mol. The predicted molar refractivity (Wildman–Crippen MR) is 117 cm³/mol. The van der Waals surface area contributed by atoms with Crippen molar-refractivity contribution in [2.75, 3.05) is 0 Å². The molecule has 0 aliphatic carbocycles. The smallest absolute Gasteiger partial charge is 0.185 e. The molecule has 0 aliphatic rings. The molecule has 0 saturated carbocycles. The van der Waals surface area contributed by atoms with Crippen LogP contribution < -0.4 is 4.74 Å². The van der Waals surface area contributed by atoms with E-state index in [4.69, 9.17) is 9.15 Å². The standard InChI is InChI=1S/C21H15Br3O3/c1-13-2-4-14(5-3-13)20(25)9-8-16-6-7-17(27-16)12-26-21-18(23)10-15(22)11-19(21)24/h2-11H,12H2,1H3/b9-8+. The first kappa shape index (κ1) is 20.1. The molecule has 27 heavy (non-hydrogen) atoms. The van der Waals surface area contributed by atoms with Crippen LogP contribution in [0.2, 0.25) is 0 Å². The van der Waals surface area contributed by atoms with Crippen LogP contribution in [0.15, 0.2) is 72.4 Å². The van der Waals surface area contributed by atoms with Gasteiger partial charge >= 0.3 is 0 Å². The molecule has 0 saturated heterocycles. The maximum atomic E-state index is 12.2. The van der Waals surface area contributed by atoms with Gasteiger partial charge in [-0.25, -0.2) is 0 Å². The van der Waals surface area contributed by atoms with E-state index in [1.807, 2.05) is 55.5 Å². The Morgan fingerprint density at radius 2 is 1.70 bits per heavy atom. The van der Waals surface area contributed by atoms with Crippen LogP contribution in [0.3, 0.4) is 0 Å². The lowest BCUT2D eigenvalue weighted by Crippen LogP contribution is -1.95. The quantitative estimate of drug-likeness (QED) is 0.236. The summed E-state index contributed by atoms with van der Waals surface area (Å²) in [6.45, 7) is 2.26. The van der Waals surface area contributed by atoms with Crippen LogP contribution in [-0.4, -0.2) is 5.78 Å². The van der Waals surface area contributed by atoms with E-state index in [0.29, 0.717) is 22.8 Å². The predicted octanol–water partition coefficient (Wildman–Crippen LogP) is 7.35. The SMILES string of the molecule is Cc1ccc(C(=O)/C=C/c2ccc(COc3c(Br)cc(Br)cc3Br)o2)cc1. The van der Waals surface area contributed by atoms with Crippen LogP contribution in [0.25, 0.3) is 6.08 Å². The van der Waals surface area contributed by atoms with E-state index in [-0.39, 0.29) is 12.4 Å². The van der Waals surface area contributed by atoms with Gasteiger partial charge in [0.15, 0.2) is 5.78 Å². The first-order chi connectivity index (χ1) is 12.9. The molecule has 3 aromatic rings. The van der Waals surface area contributed by atoms with Crippen LogP contribution >= 0.6 is 47.8 Å². The van der Waals surface area contributed by atoms with E-state index >= 15 is 0 Å². The summed E-state index contributed by atoms with van der Waals surface area (Å²) in [5.41, 5.74) is 1.77. The molecule has 0 atom stereocenters. The van der Waals surface area contributed by atoms with Gasteiger partial charge in [-0.05, 0) is 75.2 Å². The molecule has 2 aromatic carbocycles. The highest BCUT2D eigenvalue weighted by Crippen LogP contribution is 2.36. The maximum absolute atomic E-state index is 12.2. The second kappa shape index (κ2) is 9.04. The van der Waals surface area contributed by atoms with Crippen molar-refractivity contribution in [1.82, 2.24) is 0 Å². The third kappa shape index (κ3) is 5.43. The molecule has 3 nitrogen and oxygen atoms in total. The van der Waals surface area contributed by atoms with E-state index in [9.17, 15) is 4.79 Å². The van der Waals surface area contributed by atoms with Crippen molar-refractivity contribution < 1.29 is 13.9 Å². The number of benzene rings is 2. The first-order valence-electron chi connectivity index (χ1n) is 8.07. The van der Waals surface area contributed by atoms with Crippen molar-refractivity contribution in [3.05, 3.63) is 90.7 Å². The van der Waals surface area contributed by atoms with Gasteiger partial charge in [0.25, 0.3) is 0 Å². The fourth-order valence-corrected chi connectivity index (χ4v) is 4.83. The summed E-state index contributed by atoms with van der Waals surface area (Å²) in [4.78, 5) is 12.2. The second-order valence-electron chi connectivity index (χ2n) is 5.85. The molecule has 0 aliphatic heterocycles. The topological polar surface area (TPSA) is 39.4 Å². The Bertz CT molecular complexity index is 965. The van der Waals surface area contributed by atoms with Crippen LogP contribution in [0.4, 0.5) is 0 Å². The Kier molecular flexibility index (Phi) is 6.73. The van der Waals surface area contributed by atoms with Gasteiger partial charge in [-0.1, -0.05) is 45.8 Å². The molecule has 0 N–H and O–H groups in total. The lowest BCUT2D eigenvalue weighted by molar-refractivity contribution is 0.104. The van der Waals surface area contributed by atoms with Crippen LogP contribution in [0, 0.1) is 6.92 Å². The van der Waals surface area contributed by atoms with Gasteiger partial charge in [-0.3, -0.25) is 4.79 Å². The number of furan rings is 1. The molecule has 6 heteroatoms. The normalized spacial score (nSPS) is 11.1. The Morgan fingerprint density at radius 3 is 2.37 bits per heavy atom. The summed E-state index contributed by atoms with van der Waals surface area (Å²) in [5, 5.41) is 0. The van der Waals surface area contributed by atoms with Gasteiger partial charge < -0.3 is 9.15 Å². The van der Waals surface area contributed by atoms with Crippen LogP contribution in [0.1, 0.15) is 27.4 Å². The second-order valence-corrected chi connectivity index (χ2v) is 8.48. The third-order valence-corrected chi connectivity index (χ3v) is 5.38. The average molecular weight is 555 g/mol. The molecular weight excluding hydrogens is 540 g/mol. The molecule has 0 spiro atoms. The fourth-order valence-electron chi connectivity index (χ4n) is 2.34. The molecule has 0 radical (unpaired) electrons. The number of allylic oxidation sites excluding steroid dienone is 1. The molecule has 3 rings (SSSR count). The zero-order valence-corrected chi connectivity index (χ0v) is 19.1. The molecular formula is C21H15Br3O3. The molecule has 1 aromatic heterocycles. The highest BCUT2D eigenvalue weighted by molar-refractivity contribution is 9.11. The summed E-state index contributed by atoms with van der Waals surface area (Å²) in [5.74, 6) is 1.90. The summed E-state index contributed by atoms with van der Waals surface area (Å²) in [6.07, 6.45) is 3.17. The van der Waals surface area contributed by atoms with Crippen molar-refractivity contribution in [3.8, 4) is 5.75 Å². The molecule has 0 amide bonds. The number of halogens is 3. The van der Waals surface area contributed by atoms with E-state index < -0.39 is 0 Å². The van der Waals surface area contributed by atoms with Crippen LogP contribution in [-0.2, 0) is 6.61 Å². The molecule has 0 unspecified atom stereocenters. The molecule has 0 bridgehead atoms. The number of aryl methyl sites for hydroxylation is 1. The number of hydrogen-bond donors (Lipinski definition) is 0. The van der Waals surface area contributed by atoms with Crippen LogP contribution in [0.5, 0.6) is 5.75 Å². The van der Waals surface area contributed by atoms with Crippen molar-refractivity contribution in [2.24, 2.45) is 0 Å². The molecule has 0 fully saturated rings. The van der Waals surface area contributed by atoms with Crippen molar-refractivity contribution in [1.29, 1.82) is 0 Å². The maximum Gasteiger partial charge on any atom is 0.185 e. The molecule has 1 heterocycles. The van der Waals surface area contributed by atoms with E-state index in [1.165, 1.54) is 6.08 Å². The summed E-state index contributed by atoms with van der Waals surface area (Å²) >= 11 is 10.4. The minimum atomic E-state index is -0.0630. The van der Waals surface area contributed by atoms with E-state index in [0.717, 1.165) is 19.0 Å². The van der Waals surface area contributed by atoms with Crippen molar-refractivity contribution in [2.45, 2.75) is 13.5 Å². The Hall–Kier alpha value is -1.63. The minimum Gasteiger partial charge on any atom is -0.483 e. The lowest BCUT2D eigenvalue weighted by atomic mass is 10.1.